The number of fused-ring (bicyclic) bond motifs is 1. The Labute approximate surface area is 204 Å². The monoisotopic (exact) mass is 501 g/mol. The maximum Gasteiger partial charge on any atom is 0.397 e. The van der Waals surface area contributed by atoms with E-state index in [0.717, 1.165) is 0 Å². The minimum absolute atomic E-state index is 0.0509. The molecular weight excluding hydrogens is 479 g/mol. The van der Waals surface area contributed by atoms with E-state index in [1.165, 1.54) is 38.7 Å². The molecule has 0 spiro atoms. The molecule has 13 heteroatoms. The van der Waals surface area contributed by atoms with Crippen LogP contribution in [0.15, 0.2) is 24.3 Å². The van der Waals surface area contributed by atoms with Crippen molar-refractivity contribution in [3.05, 3.63) is 35.5 Å². The fraction of sp³-hybridized carbons (Fsp3) is 0.391. The molecule has 0 aliphatic carbocycles. The molecule has 1 aromatic heterocycles. The van der Waals surface area contributed by atoms with Crippen molar-refractivity contribution >= 4 is 23.4 Å². The van der Waals surface area contributed by atoms with Crippen molar-refractivity contribution in [2.24, 2.45) is 0 Å². The summed E-state index contributed by atoms with van der Waals surface area (Å²) in [5, 5.41) is 24.5. The quantitative estimate of drug-likeness (QED) is 0.620. The minimum Gasteiger partial charge on any atom is -0.343 e. The fourth-order valence-corrected chi connectivity index (χ4v) is 3.74. The van der Waals surface area contributed by atoms with Crippen LogP contribution in [-0.4, -0.2) is 70.2 Å². The van der Waals surface area contributed by atoms with Crippen molar-refractivity contribution in [3.63, 3.8) is 0 Å². The van der Waals surface area contributed by atoms with Crippen LogP contribution < -0.4 is 5.32 Å². The lowest BCUT2D eigenvalue weighted by molar-refractivity contribution is -0.150. The number of hydrogen-bond donors (Lipinski definition) is 1. The third-order valence-electron chi connectivity index (χ3n) is 5.51. The first-order chi connectivity index (χ1) is 16.9. The Morgan fingerprint density at radius 2 is 2.00 bits per heavy atom. The number of nitriles is 2. The van der Waals surface area contributed by atoms with Gasteiger partial charge >= 0.3 is 6.18 Å². The summed E-state index contributed by atoms with van der Waals surface area (Å²) < 4.78 is 39.4. The highest BCUT2D eigenvalue weighted by Gasteiger charge is 2.34. The van der Waals surface area contributed by atoms with Crippen LogP contribution in [0.5, 0.6) is 0 Å². The molecule has 0 fully saturated rings. The second kappa shape index (κ2) is 10.5. The second-order valence-corrected chi connectivity index (χ2v) is 8.33. The van der Waals surface area contributed by atoms with Crippen molar-refractivity contribution in [2.45, 2.75) is 32.0 Å². The van der Waals surface area contributed by atoms with Gasteiger partial charge in [-0.25, -0.2) is 0 Å². The zero-order valence-electron chi connectivity index (χ0n) is 19.5. The first-order valence-corrected chi connectivity index (χ1v) is 10.8. The molecule has 36 heavy (non-hydrogen) atoms. The highest BCUT2D eigenvalue weighted by molar-refractivity contribution is 5.99. The number of carbonyl (C=O) groups is 3. The lowest BCUT2D eigenvalue weighted by atomic mass is 10.1. The van der Waals surface area contributed by atoms with Crippen LogP contribution in [0.4, 0.5) is 18.9 Å². The van der Waals surface area contributed by atoms with Crippen molar-refractivity contribution in [1.82, 2.24) is 19.6 Å². The summed E-state index contributed by atoms with van der Waals surface area (Å²) in [7, 11) is 1.54. The predicted molar refractivity (Wildman–Crippen MR) is 120 cm³/mol. The number of alkyl halides is 3. The summed E-state index contributed by atoms with van der Waals surface area (Å²) in [6, 6.07) is 8.99. The van der Waals surface area contributed by atoms with Gasteiger partial charge in [-0.3, -0.25) is 19.1 Å². The van der Waals surface area contributed by atoms with Crippen LogP contribution in [-0.2, 0) is 9.59 Å². The van der Waals surface area contributed by atoms with Gasteiger partial charge in [-0.15, -0.1) is 0 Å². The van der Waals surface area contributed by atoms with Gasteiger partial charge in [0.1, 0.15) is 18.7 Å². The Hall–Kier alpha value is -4.39. The number of nitrogens with one attached hydrogen (secondary N) is 1. The van der Waals surface area contributed by atoms with E-state index in [2.05, 4.69) is 10.4 Å². The van der Waals surface area contributed by atoms with Gasteiger partial charge in [0.2, 0.25) is 11.8 Å². The van der Waals surface area contributed by atoms with Gasteiger partial charge in [0.15, 0.2) is 0 Å². The molecule has 3 amide bonds. The summed E-state index contributed by atoms with van der Waals surface area (Å²) in [4.78, 5) is 40.2. The van der Waals surface area contributed by atoms with Crippen molar-refractivity contribution in [2.75, 3.05) is 32.0 Å². The number of aromatic nitrogens is 2. The van der Waals surface area contributed by atoms with E-state index in [1.54, 1.807) is 14.0 Å². The van der Waals surface area contributed by atoms with Crippen LogP contribution in [0.2, 0.25) is 0 Å². The Balaban J connectivity index is 1.90. The fourth-order valence-electron chi connectivity index (χ4n) is 3.74. The van der Waals surface area contributed by atoms with Crippen LogP contribution >= 0.6 is 0 Å². The van der Waals surface area contributed by atoms with Gasteiger partial charge in [-0.05, 0) is 31.2 Å². The molecule has 0 radical (unpaired) electrons. The lowest BCUT2D eigenvalue weighted by Gasteiger charge is -2.32. The molecule has 0 unspecified atom stereocenters. The maximum absolute atomic E-state index is 13.1. The molecule has 0 bridgehead atoms. The summed E-state index contributed by atoms with van der Waals surface area (Å²) in [6.45, 7) is 2.01. The average molecular weight is 501 g/mol. The molecule has 0 saturated carbocycles. The highest BCUT2D eigenvalue weighted by atomic mass is 19.4. The number of likely N-dealkylation sites (N-methyl/N-ethyl adjacent to an activating group) is 1. The second-order valence-electron chi connectivity index (χ2n) is 8.33. The minimum atomic E-state index is -4.71. The first-order valence-electron chi connectivity index (χ1n) is 10.8. The molecule has 1 aliphatic heterocycles. The zero-order valence-corrected chi connectivity index (χ0v) is 19.5. The van der Waals surface area contributed by atoms with E-state index in [9.17, 15) is 32.8 Å². The van der Waals surface area contributed by atoms with Crippen LogP contribution in [0.25, 0.3) is 11.3 Å². The average Bonchev–Trinajstić information content (AvgIpc) is 3.25. The van der Waals surface area contributed by atoms with E-state index in [0.29, 0.717) is 0 Å². The summed E-state index contributed by atoms with van der Waals surface area (Å²) in [6.07, 6.45) is -6.25. The van der Waals surface area contributed by atoms with E-state index < -0.39 is 24.4 Å². The normalized spacial score (nSPS) is 15.0. The topological polar surface area (TPSA) is 135 Å². The Morgan fingerprint density at radius 3 is 2.64 bits per heavy atom. The molecule has 1 aromatic carbocycles. The highest BCUT2D eigenvalue weighted by Crippen LogP contribution is 2.32. The Kier molecular flexibility index (Phi) is 7.63. The Bertz CT molecular complexity index is 1270. The predicted octanol–water partition coefficient (Wildman–Crippen LogP) is 2.70. The smallest absolute Gasteiger partial charge is 0.343 e. The number of anilines is 1. The number of amides is 3. The standard InChI is InChI=1S/C23H22F3N7O3/c1-14-12-32(13-21(35)31(2)7-3-6-27)22(36)19-9-18(30-33(14)19)16-5-4-15(11-28)8-17(16)29-20(34)10-23(24,25)26/h4-5,8-9,14H,3,7,10,12-13H2,1-2H3,(H,29,34)/t14-/m0/s1. The zero-order chi connectivity index (χ0) is 26.6. The number of benzene rings is 1. The van der Waals surface area contributed by atoms with E-state index in [-0.39, 0.29) is 66.2 Å². The Morgan fingerprint density at radius 1 is 1.28 bits per heavy atom. The molecule has 1 aliphatic rings. The van der Waals surface area contributed by atoms with Crippen molar-refractivity contribution in [3.8, 4) is 23.4 Å². The third kappa shape index (κ3) is 5.99. The van der Waals surface area contributed by atoms with Gasteiger partial charge < -0.3 is 15.1 Å². The van der Waals surface area contributed by atoms with Crippen LogP contribution in [0.1, 0.15) is 41.9 Å². The molecule has 10 nitrogen and oxygen atoms in total. The SMILES string of the molecule is C[C@H]1CN(CC(=O)N(C)CCC#N)C(=O)c2cc(-c3ccc(C#N)cc3NC(=O)CC(F)(F)F)nn21. The summed E-state index contributed by atoms with van der Waals surface area (Å²) in [5.74, 6) is -2.11. The lowest BCUT2D eigenvalue weighted by Crippen LogP contribution is -2.47. The van der Waals surface area contributed by atoms with E-state index in [4.69, 9.17) is 5.26 Å². The van der Waals surface area contributed by atoms with Crippen LogP contribution in [0, 0.1) is 22.7 Å². The van der Waals surface area contributed by atoms with Crippen molar-refractivity contribution < 1.29 is 27.6 Å². The number of hydrogen-bond acceptors (Lipinski definition) is 6. The third-order valence-corrected chi connectivity index (χ3v) is 5.51. The van der Waals surface area contributed by atoms with E-state index in [1.807, 2.05) is 12.1 Å². The summed E-state index contributed by atoms with van der Waals surface area (Å²) >= 11 is 0. The molecule has 0 saturated heterocycles. The van der Waals surface area contributed by atoms with Gasteiger partial charge in [-0.1, -0.05) is 0 Å². The first kappa shape index (κ1) is 26.2. The summed E-state index contributed by atoms with van der Waals surface area (Å²) in [5.41, 5.74) is 0.652. The van der Waals surface area contributed by atoms with Gasteiger partial charge in [-0.2, -0.15) is 28.8 Å². The van der Waals surface area contributed by atoms with Gasteiger partial charge in [0, 0.05) is 25.7 Å². The largest absolute Gasteiger partial charge is 0.397 e. The molecular formula is C23H22F3N7O3. The molecule has 2 heterocycles. The molecule has 188 valence electrons. The molecule has 2 aromatic rings. The van der Waals surface area contributed by atoms with Crippen LogP contribution in [0.3, 0.4) is 0 Å². The maximum atomic E-state index is 13.1. The number of rotatable bonds is 7. The molecule has 3 rings (SSSR count). The molecule has 1 atom stereocenters. The number of carbonyl (C=O) groups excluding carboxylic acids is 3. The van der Waals surface area contributed by atoms with Gasteiger partial charge in [0.25, 0.3) is 5.91 Å². The number of halogens is 3. The molecule has 1 N–H and O–H groups in total. The number of nitrogens with zero attached hydrogens (tertiary/aromatic N) is 6. The van der Waals surface area contributed by atoms with Crippen molar-refractivity contribution in [1.29, 1.82) is 10.5 Å². The van der Waals surface area contributed by atoms with E-state index >= 15 is 0 Å². The van der Waals surface area contributed by atoms with Gasteiger partial charge in [0.05, 0.1) is 41.5 Å².